The quantitative estimate of drug-likeness (QED) is 0.870. The van der Waals surface area contributed by atoms with Crippen molar-refractivity contribution in [2.24, 2.45) is 4.99 Å². The van der Waals surface area contributed by atoms with Crippen LogP contribution in [-0.2, 0) is 17.5 Å². The lowest BCUT2D eigenvalue weighted by atomic mass is 10.3. The van der Waals surface area contributed by atoms with Crippen molar-refractivity contribution in [2.75, 3.05) is 12.3 Å². The number of hydrogen-bond acceptors (Lipinski definition) is 4. The van der Waals surface area contributed by atoms with E-state index in [0.717, 1.165) is 5.75 Å². The van der Waals surface area contributed by atoms with E-state index in [9.17, 15) is 18.0 Å². The number of alkyl halides is 3. The van der Waals surface area contributed by atoms with Crippen molar-refractivity contribution >= 4 is 38.8 Å². The van der Waals surface area contributed by atoms with E-state index in [0.29, 0.717) is 17.4 Å². The van der Waals surface area contributed by atoms with Crippen molar-refractivity contribution in [1.82, 2.24) is 15.1 Å². The second-order valence-corrected chi connectivity index (χ2v) is 6.18. The lowest BCUT2D eigenvalue weighted by Crippen LogP contribution is -2.28. The van der Waals surface area contributed by atoms with Crippen LogP contribution in [0.15, 0.2) is 9.47 Å². The molecule has 2 heterocycles. The van der Waals surface area contributed by atoms with Crippen LogP contribution in [-0.4, -0.2) is 33.2 Å². The van der Waals surface area contributed by atoms with Gasteiger partial charge in [0.2, 0.25) is 5.91 Å². The molecule has 1 amide bonds. The number of carbonyl (C=O) groups is 1. The van der Waals surface area contributed by atoms with Gasteiger partial charge in [-0.05, 0) is 22.9 Å². The first kappa shape index (κ1) is 16.3. The number of nitrogens with one attached hydrogen (secondary N) is 1. The molecule has 2 rings (SSSR count). The highest BCUT2D eigenvalue weighted by atomic mass is 79.9. The number of rotatable bonds is 3. The Morgan fingerprint density at radius 2 is 2.24 bits per heavy atom. The predicted octanol–water partition coefficient (Wildman–Crippen LogP) is 2.58. The van der Waals surface area contributed by atoms with E-state index >= 15 is 0 Å². The third-order valence-corrected chi connectivity index (χ3v) is 4.63. The molecule has 0 aromatic carbocycles. The highest BCUT2D eigenvalue weighted by Gasteiger charge is 2.37. The number of amidine groups is 1. The number of hydrogen-bond donors (Lipinski definition) is 1. The maximum Gasteiger partial charge on any atom is 0.436 e. The van der Waals surface area contributed by atoms with Crippen molar-refractivity contribution in [1.29, 1.82) is 0 Å². The van der Waals surface area contributed by atoms with Crippen LogP contribution in [0.2, 0.25) is 0 Å². The van der Waals surface area contributed by atoms with Crippen molar-refractivity contribution in [3.63, 3.8) is 0 Å². The number of halogens is 4. The molecule has 0 atom stereocenters. The van der Waals surface area contributed by atoms with Crippen LogP contribution in [0, 0.1) is 6.92 Å². The first-order valence-electron chi connectivity index (χ1n) is 6.06. The average molecular weight is 385 g/mol. The van der Waals surface area contributed by atoms with Gasteiger partial charge in [-0.25, -0.2) is 0 Å². The smallest absolute Gasteiger partial charge is 0.305 e. The Hall–Kier alpha value is -1.03. The maximum atomic E-state index is 12.7. The lowest BCUT2D eigenvalue weighted by Gasteiger charge is -2.06. The SMILES string of the molecule is Cc1c(Br)c(C(F)(F)F)nn1CCC(=O)NC1=NCCS1. The zero-order valence-electron chi connectivity index (χ0n) is 11.0. The molecule has 1 aromatic rings. The fraction of sp³-hybridized carbons (Fsp3) is 0.545. The Bertz CT molecular complexity index is 585. The molecular formula is C11H12BrF3N4OS. The minimum Gasteiger partial charge on any atom is -0.305 e. The summed E-state index contributed by atoms with van der Waals surface area (Å²) >= 11 is 4.33. The summed E-state index contributed by atoms with van der Waals surface area (Å²) in [5, 5.41) is 6.70. The summed E-state index contributed by atoms with van der Waals surface area (Å²) in [6, 6.07) is 0. The van der Waals surface area contributed by atoms with E-state index < -0.39 is 11.9 Å². The highest BCUT2D eigenvalue weighted by molar-refractivity contribution is 9.10. The van der Waals surface area contributed by atoms with Gasteiger partial charge < -0.3 is 5.32 Å². The molecule has 0 saturated heterocycles. The molecule has 116 valence electrons. The number of aliphatic imine (C=N–C) groups is 1. The fourth-order valence-corrected chi connectivity index (χ4v) is 2.98. The monoisotopic (exact) mass is 384 g/mol. The van der Waals surface area contributed by atoms with Crippen LogP contribution < -0.4 is 5.32 Å². The van der Waals surface area contributed by atoms with Gasteiger partial charge in [0.05, 0.1) is 23.3 Å². The molecule has 5 nitrogen and oxygen atoms in total. The van der Waals surface area contributed by atoms with Crippen molar-refractivity contribution in [3.8, 4) is 0 Å². The second kappa shape index (κ2) is 6.39. The summed E-state index contributed by atoms with van der Waals surface area (Å²) in [4.78, 5) is 15.8. The Morgan fingerprint density at radius 3 is 2.76 bits per heavy atom. The zero-order chi connectivity index (χ0) is 15.6. The largest absolute Gasteiger partial charge is 0.436 e. The van der Waals surface area contributed by atoms with Gasteiger partial charge in [-0.15, -0.1) is 0 Å². The predicted molar refractivity (Wildman–Crippen MR) is 77.2 cm³/mol. The van der Waals surface area contributed by atoms with E-state index in [1.807, 2.05) is 0 Å². The minimum atomic E-state index is -4.52. The molecule has 0 unspecified atom stereocenters. The van der Waals surface area contributed by atoms with Gasteiger partial charge in [-0.3, -0.25) is 14.5 Å². The molecule has 1 N–H and O–H groups in total. The topological polar surface area (TPSA) is 59.3 Å². The second-order valence-electron chi connectivity index (χ2n) is 4.30. The van der Waals surface area contributed by atoms with Gasteiger partial charge in [-0.1, -0.05) is 11.8 Å². The summed E-state index contributed by atoms with van der Waals surface area (Å²) in [6.07, 6.45) is -4.49. The highest BCUT2D eigenvalue weighted by Crippen LogP contribution is 2.35. The Balaban J connectivity index is 1.98. The normalized spacial score (nSPS) is 15.2. The number of carbonyl (C=O) groups excluding carboxylic acids is 1. The molecule has 1 aliphatic heterocycles. The number of aryl methyl sites for hydroxylation is 1. The molecule has 0 saturated carbocycles. The molecule has 21 heavy (non-hydrogen) atoms. The third-order valence-electron chi connectivity index (χ3n) is 2.78. The van der Waals surface area contributed by atoms with Crippen LogP contribution in [0.1, 0.15) is 17.8 Å². The molecule has 0 aliphatic carbocycles. The summed E-state index contributed by atoms with van der Waals surface area (Å²) in [7, 11) is 0. The Kier molecular flexibility index (Phi) is 4.97. The lowest BCUT2D eigenvalue weighted by molar-refractivity contribution is -0.142. The van der Waals surface area contributed by atoms with Gasteiger partial charge in [0.25, 0.3) is 0 Å². The summed E-state index contributed by atoms with van der Waals surface area (Å²) in [6.45, 7) is 2.26. The van der Waals surface area contributed by atoms with E-state index in [1.165, 1.54) is 23.4 Å². The van der Waals surface area contributed by atoms with E-state index in [2.05, 4.69) is 31.3 Å². The maximum absolute atomic E-state index is 12.7. The van der Waals surface area contributed by atoms with Gasteiger partial charge in [0.1, 0.15) is 0 Å². The molecule has 0 fully saturated rings. The van der Waals surface area contributed by atoms with Gasteiger partial charge >= 0.3 is 6.18 Å². The molecule has 10 heteroatoms. The molecule has 1 aromatic heterocycles. The molecular weight excluding hydrogens is 373 g/mol. The standard InChI is InChI=1S/C11H12BrF3N4OS/c1-6-8(12)9(11(13,14)15)18-19(6)4-2-7(20)17-10-16-3-5-21-10/h2-5H2,1H3,(H,16,17,20). The molecule has 0 bridgehead atoms. The summed E-state index contributed by atoms with van der Waals surface area (Å²) < 4.78 is 39.2. The van der Waals surface area contributed by atoms with Crippen LogP contribution in [0.4, 0.5) is 13.2 Å². The van der Waals surface area contributed by atoms with E-state index in [4.69, 9.17) is 0 Å². The van der Waals surface area contributed by atoms with Crippen molar-refractivity contribution in [3.05, 3.63) is 15.9 Å². The Morgan fingerprint density at radius 1 is 1.52 bits per heavy atom. The number of amides is 1. The minimum absolute atomic E-state index is 0.0336. The number of thioether (sulfide) groups is 1. The third kappa shape index (κ3) is 4.00. The van der Waals surface area contributed by atoms with Crippen LogP contribution in [0.5, 0.6) is 0 Å². The molecule has 1 aliphatic rings. The van der Waals surface area contributed by atoms with Crippen molar-refractivity contribution in [2.45, 2.75) is 26.1 Å². The van der Waals surface area contributed by atoms with Gasteiger partial charge in [-0.2, -0.15) is 18.3 Å². The van der Waals surface area contributed by atoms with E-state index in [1.54, 1.807) is 0 Å². The first-order chi connectivity index (χ1) is 9.79. The van der Waals surface area contributed by atoms with Gasteiger partial charge in [0, 0.05) is 12.2 Å². The van der Waals surface area contributed by atoms with Crippen molar-refractivity contribution < 1.29 is 18.0 Å². The van der Waals surface area contributed by atoms with Gasteiger partial charge in [0.15, 0.2) is 10.9 Å². The van der Waals surface area contributed by atoms with E-state index in [-0.39, 0.29) is 23.3 Å². The number of aromatic nitrogens is 2. The molecule has 0 spiro atoms. The number of nitrogens with zero attached hydrogens (tertiary/aromatic N) is 3. The summed E-state index contributed by atoms with van der Waals surface area (Å²) in [5.74, 6) is 0.540. The first-order valence-corrected chi connectivity index (χ1v) is 7.84. The summed E-state index contributed by atoms with van der Waals surface area (Å²) in [5.41, 5.74) is -0.640. The Labute approximate surface area is 131 Å². The average Bonchev–Trinajstić information content (AvgIpc) is 2.97. The molecule has 0 radical (unpaired) electrons. The van der Waals surface area contributed by atoms with Crippen LogP contribution >= 0.6 is 27.7 Å². The zero-order valence-corrected chi connectivity index (χ0v) is 13.4. The fourth-order valence-electron chi connectivity index (χ4n) is 1.72. The van der Waals surface area contributed by atoms with Crippen LogP contribution in [0.25, 0.3) is 0 Å². The van der Waals surface area contributed by atoms with Crippen LogP contribution in [0.3, 0.4) is 0 Å².